The number of pyridine rings is 1. The highest BCUT2D eigenvalue weighted by molar-refractivity contribution is 5.95. The molecule has 3 N–H and O–H groups in total. The SMILES string of the molecule is Cc1ccc(N)c(Nc2cccc3ccccc23)n1. The lowest BCUT2D eigenvalue weighted by molar-refractivity contribution is 1.20. The molecule has 19 heavy (non-hydrogen) atoms. The number of nitrogens with two attached hydrogens (primary N) is 1. The van der Waals surface area contributed by atoms with E-state index in [0.717, 1.165) is 16.8 Å². The van der Waals surface area contributed by atoms with Crippen LogP contribution < -0.4 is 11.1 Å². The first-order chi connectivity index (χ1) is 9.24. The van der Waals surface area contributed by atoms with Gasteiger partial charge in [0.05, 0.1) is 5.69 Å². The molecule has 94 valence electrons. The van der Waals surface area contributed by atoms with Gasteiger partial charge in [-0.25, -0.2) is 4.98 Å². The first-order valence-corrected chi connectivity index (χ1v) is 6.22. The first kappa shape index (κ1) is 11.5. The van der Waals surface area contributed by atoms with Crippen LogP contribution in [-0.4, -0.2) is 4.98 Å². The number of fused-ring (bicyclic) bond motifs is 1. The number of nitrogens with one attached hydrogen (secondary N) is 1. The quantitative estimate of drug-likeness (QED) is 0.725. The molecule has 0 saturated carbocycles. The maximum absolute atomic E-state index is 5.96. The van der Waals surface area contributed by atoms with E-state index in [-0.39, 0.29) is 0 Å². The average molecular weight is 249 g/mol. The van der Waals surface area contributed by atoms with Gasteiger partial charge in [0, 0.05) is 16.8 Å². The second kappa shape index (κ2) is 4.61. The summed E-state index contributed by atoms with van der Waals surface area (Å²) >= 11 is 0. The third-order valence-electron chi connectivity index (χ3n) is 3.11. The molecule has 3 rings (SSSR count). The van der Waals surface area contributed by atoms with Crippen LogP contribution in [0.4, 0.5) is 17.2 Å². The molecule has 0 atom stereocenters. The zero-order valence-electron chi connectivity index (χ0n) is 10.7. The van der Waals surface area contributed by atoms with Crippen LogP contribution in [0.5, 0.6) is 0 Å². The molecule has 0 unspecified atom stereocenters. The van der Waals surface area contributed by atoms with Crippen molar-refractivity contribution in [3.05, 3.63) is 60.3 Å². The summed E-state index contributed by atoms with van der Waals surface area (Å²) in [7, 11) is 0. The van der Waals surface area contributed by atoms with E-state index in [1.165, 1.54) is 5.39 Å². The maximum atomic E-state index is 5.96. The van der Waals surface area contributed by atoms with Crippen LogP contribution in [0.25, 0.3) is 10.8 Å². The van der Waals surface area contributed by atoms with Crippen LogP contribution >= 0.6 is 0 Å². The molecule has 1 aromatic heterocycles. The van der Waals surface area contributed by atoms with E-state index >= 15 is 0 Å². The fraction of sp³-hybridized carbons (Fsp3) is 0.0625. The molecule has 0 spiro atoms. The van der Waals surface area contributed by atoms with E-state index < -0.39 is 0 Å². The number of aryl methyl sites for hydroxylation is 1. The monoisotopic (exact) mass is 249 g/mol. The number of aromatic nitrogens is 1. The normalized spacial score (nSPS) is 10.6. The molecule has 3 aromatic rings. The van der Waals surface area contributed by atoms with Gasteiger partial charge < -0.3 is 11.1 Å². The summed E-state index contributed by atoms with van der Waals surface area (Å²) in [5.41, 5.74) is 8.57. The second-order valence-corrected chi connectivity index (χ2v) is 4.54. The third-order valence-corrected chi connectivity index (χ3v) is 3.11. The summed E-state index contributed by atoms with van der Waals surface area (Å²) in [5.74, 6) is 0.705. The van der Waals surface area contributed by atoms with Crippen molar-refractivity contribution in [2.24, 2.45) is 0 Å². The van der Waals surface area contributed by atoms with Crippen molar-refractivity contribution in [1.82, 2.24) is 4.98 Å². The minimum atomic E-state index is 0.651. The van der Waals surface area contributed by atoms with Gasteiger partial charge >= 0.3 is 0 Å². The number of benzene rings is 2. The Hall–Kier alpha value is -2.55. The van der Waals surface area contributed by atoms with E-state index in [2.05, 4.69) is 28.5 Å². The first-order valence-electron chi connectivity index (χ1n) is 6.22. The van der Waals surface area contributed by atoms with Gasteiger partial charge in [-0.05, 0) is 30.5 Å². The fourth-order valence-corrected chi connectivity index (χ4v) is 2.13. The molecule has 0 fully saturated rings. The Morgan fingerprint density at radius 1 is 0.947 bits per heavy atom. The summed E-state index contributed by atoms with van der Waals surface area (Å²) in [4.78, 5) is 4.44. The lowest BCUT2D eigenvalue weighted by atomic mass is 10.1. The Morgan fingerprint density at radius 3 is 2.63 bits per heavy atom. The summed E-state index contributed by atoms with van der Waals surface area (Å²) < 4.78 is 0. The molecule has 0 saturated heterocycles. The number of hydrogen-bond donors (Lipinski definition) is 2. The van der Waals surface area contributed by atoms with Crippen molar-refractivity contribution in [2.45, 2.75) is 6.92 Å². The molecule has 3 nitrogen and oxygen atoms in total. The largest absolute Gasteiger partial charge is 0.396 e. The van der Waals surface area contributed by atoms with Gasteiger partial charge in [-0.15, -0.1) is 0 Å². The van der Waals surface area contributed by atoms with Crippen LogP contribution in [-0.2, 0) is 0 Å². The molecule has 0 amide bonds. The second-order valence-electron chi connectivity index (χ2n) is 4.54. The van der Waals surface area contributed by atoms with Crippen molar-refractivity contribution in [2.75, 3.05) is 11.1 Å². The molecule has 0 aliphatic heterocycles. The van der Waals surface area contributed by atoms with Gasteiger partial charge in [-0.2, -0.15) is 0 Å². The van der Waals surface area contributed by atoms with Crippen LogP contribution in [0.2, 0.25) is 0 Å². The standard InChI is InChI=1S/C16H15N3/c1-11-9-10-14(17)16(18-11)19-15-8-4-6-12-5-2-3-7-13(12)15/h2-10H,17H2,1H3,(H,18,19). The van der Waals surface area contributed by atoms with E-state index in [1.54, 1.807) is 0 Å². The summed E-state index contributed by atoms with van der Waals surface area (Å²) in [6, 6.07) is 18.2. The van der Waals surface area contributed by atoms with Gasteiger partial charge in [0.15, 0.2) is 5.82 Å². The molecule has 0 aliphatic rings. The average Bonchev–Trinajstić information content (AvgIpc) is 2.43. The lowest BCUT2D eigenvalue weighted by Gasteiger charge is -2.11. The fourth-order valence-electron chi connectivity index (χ4n) is 2.13. The number of nitrogen functional groups attached to an aromatic ring is 1. The zero-order chi connectivity index (χ0) is 13.2. The van der Waals surface area contributed by atoms with Crippen molar-refractivity contribution in [3.63, 3.8) is 0 Å². The molecule has 2 aromatic carbocycles. The molecule has 0 aliphatic carbocycles. The lowest BCUT2D eigenvalue weighted by Crippen LogP contribution is -2.00. The highest BCUT2D eigenvalue weighted by Crippen LogP contribution is 2.27. The molecule has 3 heteroatoms. The number of rotatable bonds is 2. The van der Waals surface area contributed by atoms with Gasteiger partial charge in [0.1, 0.15) is 0 Å². The minimum Gasteiger partial charge on any atom is -0.396 e. The summed E-state index contributed by atoms with van der Waals surface area (Å²) in [5, 5.41) is 5.67. The van der Waals surface area contributed by atoms with Gasteiger partial charge in [0.2, 0.25) is 0 Å². The Kier molecular flexibility index (Phi) is 2.80. The van der Waals surface area contributed by atoms with E-state index in [1.807, 2.05) is 43.3 Å². The number of anilines is 3. The van der Waals surface area contributed by atoms with Crippen LogP contribution in [0.3, 0.4) is 0 Å². The smallest absolute Gasteiger partial charge is 0.153 e. The molecular weight excluding hydrogens is 234 g/mol. The highest BCUT2D eigenvalue weighted by atomic mass is 15.0. The van der Waals surface area contributed by atoms with Gasteiger partial charge in [0.25, 0.3) is 0 Å². The van der Waals surface area contributed by atoms with E-state index in [0.29, 0.717) is 11.5 Å². The van der Waals surface area contributed by atoms with Crippen molar-refractivity contribution in [3.8, 4) is 0 Å². The Morgan fingerprint density at radius 2 is 1.74 bits per heavy atom. The van der Waals surface area contributed by atoms with Gasteiger partial charge in [-0.1, -0.05) is 36.4 Å². The van der Waals surface area contributed by atoms with Crippen molar-refractivity contribution >= 4 is 28.0 Å². The van der Waals surface area contributed by atoms with Crippen LogP contribution in [0, 0.1) is 6.92 Å². The Bertz CT molecular complexity index is 730. The van der Waals surface area contributed by atoms with E-state index in [4.69, 9.17) is 5.73 Å². The van der Waals surface area contributed by atoms with Crippen LogP contribution in [0.1, 0.15) is 5.69 Å². The molecule has 1 heterocycles. The zero-order valence-corrected chi connectivity index (χ0v) is 10.7. The van der Waals surface area contributed by atoms with Crippen molar-refractivity contribution in [1.29, 1.82) is 0 Å². The highest BCUT2D eigenvalue weighted by Gasteiger charge is 2.04. The third kappa shape index (κ3) is 2.22. The van der Waals surface area contributed by atoms with Gasteiger partial charge in [-0.3, -0.25) is 0 Å². The Balaban J connectivity index is 2.08. The van der Waals surface area contributed by atoms with Crippen molar-refractivity contribution < 1.29 is 0 Å². The predicted octanol–water partition coefficient (Wildman–Crippen LogP) is 3.87. The van der Waals surface area contributed by atoms with E-state index in [9.17, 15) is 0 Å². The molecule has 0 bridgehead atoms. The maximum Gasteiger partial charge on any atom is 0.153 e. The predicted molar refractivity (Wildman–Crippen MR) is 80.6 cm³/mol. The number of nitrogens with zero attached hydrogens (tertiary/aromatic N) is 1. The van der Waals surface area contributed by atoms with Crippen LogP contribution in [0.15, 0.2) is 54.6 Å². The summed E-state index contributed by atoms with van der Waals surface area (Å²) in [6.07, 6.45) is 0. The molecular formula is C16H15N3. The Labute approximate surface area is 112 Å². The topological polar surface area (TPSA) is 50.9 Å². The molecule has 0 radical (unpaired) electrons. The minimum absolute atomic E-state index is 0.651. The number of hydrogen-bond acceptors (Lipinski definition) is 3. The summed E-state index contributed by atoms with van der Waals surface area (Å²) in [6.45, 7) is 1.95.